The number of alkyl halides is 5. The van der Waals surface area contributed by atoms with E-state index in [1.54, 1.807) is 0 Å². The molecule has 176 valence electrons. The monoisotopic (exact) mass is 485 g/mol. The van der Waals surface area contributed by atoms with Crippen molar-refractivity contribution in [2.45, 2.75) is 50.3 Å². The highest BCUT2D eigenvalue weighted by molar-refractivity contribution is 8.76. The number of amides is 1. The number of nitrogens with one attached hydrogen (secondary N) is 1. The summed E-state index contributed by atoms with van der Waals surface area (Å²) in [7, 11) is 4.38. The van der Waals surface area contributed by atoms with Crippen LogP contribution in [0.2, 0.25) is 0 Å². The third-order valence-corrected chi connectivity index (χ3v) is 6.60. The first-order chi connectivity index (χ1) is 13.9. The van der Waals surface area contributed by atoms with E-state index < -0.39 is 36.1 Å². The zero-order valence-corrected chi connectivity index (χ0v) is 17.7. The number of hydrogen-bond donors (Lipinski definition) is 3. The quantitative estimate of drug-likeness (QED) is 0.245. The maximum absolute atomic E-state index is 12.7. The fourth-order valence-electron chi connectivity index (χ4n) is 2.50. The highest BCUT2D eigenvalue weighted by atomic mass is 33.1. The molecule has 7 nitrogen and oxygen atoms in total. The van der Waals surface area contributed by atoms with Crippen LogP contribution < -0.4 is 5.32 Å². The van der Waals surface area contributed by atoms with Gasteiger partial charge in [-0.05, 0) is 25.7 Å². The standard InChI is InChI=1S/C14H23F2NO4S2.C2HF3O2/c1-21-14(5-2-10(3-6-14)12(15)16)13(20)17-7-9-23-22-8-4-11(18)19;3-2(4,5)1(6)7/h10,12H,2-9H2,1H3,(H,17,20)(H,18,19);(H,6,7). The molecule has 1 fully saturated rings. The summed E-state index contributed by atoms with van der Waals surface area (Å²) >= 11 is 0. The van der Waals surface area contributed by atoms with Gasteiger partial charge in [-0.3, -0.25) is 9.59 Å². The van der Waals surface area contributed by atoms with Gasteiger partial charge in [-0.15, -0.1) is 0 Å². The summed E-state index contributed by atoms with van der Waals surface area (Å²) in [6, 6.07) is 0. The van der Waals surface area contributed by atoms with Crippen LogP contribution in [0.5, 0.6) is 0 Å². The minimum absolute atomic E-state index is 0.113. The van der Waals surface area contributed by atoms with Gasteiger partial charge in [-0.25, -0.2) is 13.6 Å². The van der Waals surface area contributed by atoms with Gasteiger partial charge < -0.3 is 20.3 Å². The van der Waals surface area contributed by atoms with Gasteiger partial charge in [-0.2, -0.15) is 13.2 Å². The van der Waals surface area contributed by atoms with Crippen LogP contribution in [-0.4, -0.2) is 71.4 Å². The van der Waals surface area contributed by atoms with Gasteiger partial charge in [0.25, 0.3) is 5.91 Å². The molecule has 0 radical (unpaired) electrons. The molecule has 14 heteroatoms. The van der Waals surface area contributed by atoms with Crippen molar-refractivity contribution in [1.29, 1.82) is 0 Å². The Hall–Kier alpha value is -1.28. The van der Waals surface area contributed by atoms with Crippen LogP contribution in [0.25, 0.3) is 0 Å². The lowest BCUT2D eigenvalue weighted by atomic mass is 9.78. The van der Waals surface area contributed by atoms with Crippen molar-refractivity contribution < 1.29 is 51.3 Å². The molecule has 0 aromatic rings. The molecule has 1 aliphatic rings. The highest BCUT2D eigenvalue weighted by Crippen LogP contribution is 2.37. The number of methoxy groups -OCH3 is 1. The molecule has 1 amide bonds. The number of ether oxygens (including phenoxy) is 1. The Labute approximate surface area is 177 Å². The van der Waals surface area contributed by atoms with E-state index in [1.807, 2.05) is 0 Å². The molecule has 0 atom stereocenters. The van der Waals surface area contributed by atoms with Crippen molar-refractivity contribution in [2.75, 3.05) is 25.2 Å². The summed E-state index contributed by atoms with van der Waals surface area (Å²) < 4.78 is 62.5. The molecule has 1 saturated carbocycles. The van der Waals surface area contributed by atoms with E-state index in [-0.39, 0.29) is 12.3 Å². The van der Waals surface area contributed by atoms with E-state index in [4.69, 9.17) is 19.7 Å². The van der Waals surface area contributed by atoms with Gasteiger partial charge in [0.1, 0.15) is 5.60 Å². The molecule has 0 aliphatic heterocycles. The molecule has 3 N–H and O–H groups in total. The Kier molecular flexibility index (Phi) is 13.3. The number of hydrogen-bond acceptors (Lipinski definition) is 6. The molecule has 0 aromatic carbocycles. The lowest BCUT2D eigenvalue weighted by Gasteiger charge is -2.37. The molecule has 0 saturated heterocycles. The van der Waals surface area contributed by atoms with Crippen LogP contribution in [0.1, 0.15) is 32.1 Å². The van der Waals surface area contributed by atoms with Crippen molar-refractivity contribution in [2.24, 2.45) is 5.92 Å². The lowest BCUT2D eigenvalue weighted by Crippen LogP contribution is -2.51. The van der Waals surface area contributed by atoms with Crippen LogP contribution >= 0.6 is 21.6 Å². The summed E-state index contributed by atoms with van der Waals surface area (Å²) in [6.07, 6.45) is -6.11. The fourth-order valence-corrected chi connectivity index (χ4v) is 4.38. The van der Waals surface area contributed by atoms with Crippen molar-refractivity contribution in [3.8, 4) is 0 Å². The molecule has 0 heterocycles. The van der Waals surface area contributed by atoms with E-state index in [0.29, 0.717) is 43.7 Å². The Bertz CT molecular complexity index is 557. The van der Waals surface area contributed by atoms with Crippen molar-refractivity contribution >= 4 is 39.4 Å². The van der Waals surface area contributed by atoms with Crippen LogP contribution in [0, 0.1) is 5.92 Å². The predicted molar refractivity (Wildman–Crippen MR) is 102 cm³/mol. The molecular weight excluding hydrogens is 461 g/mol. The third kappa shape index (κ3) is 11.2. The molecule has 30 heavy (non-hydrogen) atoms. The largest absolute Gasteiger partial charge is 0.490 e. The first kappa shape index (κ1) is 28.7. The maximum Gasteiger partial charge on any atom is 0.490 e. The summed E-state index contributed by atoms with van der Waals surface area (Å²) in [6.45, 7) is 0.437. The molecule has 0 bridgehead atoms. The van der Waals surface area contributed by atoms with Gasteiger partial charge in [0.15, 0.2) is 0 Å². The molecular formula is C16H24F5NO6S2. The SMILES string of the molecule is COC1(C(=O)NCCSSCCC(=O)O)CCC(C(F)F)CC1.O=C(O)C(F)(F)F. The molecule has 0 spiro atoms. The number of aliphatic carboxylic acids is 2. The average molecular weight is 485 g/mol. The van der Waals surface area contributed by atoms with Crippen molar-refractivity contribution in [1.82, 2.24) is 5.32 Å². The van der Waals surface area contributed by atoms with Crippen LogP contribution in [0.3, 0.4) is 0 Å². The lowest BCUT2D eigenvalue weighted by molar-refractivity contribution is -0.192. The van der Waals surface area contributed by atoms with Gasteiger partial charge >= 0.3 is 18.1 Å². The second kappa shape index (κ2) is 13.9. The van der Waals surface area contributed by atoms with E-state index in [0.717, 1.165) is 0 Å². The normalized spacial score (nSPS) is 21.5. The zero-order valence-electron chi connectivity index (χ0n) is 16.0. The number of carboxylic acids is 2. The topological polar surface area (TPSA) is 113 Å². The van der Waals surface area contributed by atoms with Crippen LogP contribution in [0.15, 0.2) is 0 Å². The van der Waals surface area contributed by atoms with Crippen molar-refractivity contribution in [3.63, 3.8) is 0 Å². The minimum atomic E-state index is -5.08. The molecule has 1 aliphatic carbocycles. The average Bonchev–Trinajstić information content (AvgIpc) is 2.66. The number of carbonyl (C=O) groups excluding carboxylic acids is 1. The zero-order chi connectivity index (χ0) is 23.4. The fraction of sp³-hybridized carbons (Fsp3) is 0.812. The smallest absolute Gasteiger partial charge is 0.481 e. The van der Waals surface area contributed by atoms with E-state index in [2.05, 4.69) is 5.32 Å². The Morgan fingerprint density at radius 1 is 1.13 bits per heavy atom. The third-order valence-electron chi connectivity index (χ3n) is 4.19. The van der Waals surface area contributed by atoms with Crippen molar-refractivity contribution in [3.05, 3.63) is 0 Å². The molecule has 0 unspecified atom stereocenters. The number of rotatable bonds is 10. The van der Waals surface area contributed by atoms with Crippen LogP contribution in [0.4, 0.5) is 22.0 Å². The Balaban J connectivity index is 0.00000103. The number of halogens is 5. The minimum Gasteiger partial charge on any atom is -0.481 e. The van der Waals surface area contributed by atoms with E-state index in [9.17, 15) is 31.5 Å². The summed E-state index contributed by atoms with van der Waals surface area (Å²) in [5.41, 5.74) is -0.994. The summed E-state index contributed by atoms with van der Waals surface area (Å²) in [4.78, 5) is 31.5. The van der Waals surface area contributed by atoms with Gasteiger partial charge in [0.05, 0.1) is 6.42 Å². The number of carboxylic acid groups (broad SMARTS) is 2. The first-order valence-corrected chi connectivity index (χ1v) is 11.2. The summed E-state index contributed by atoms with van der Waals surface area (Å²) in [5.74, 6) is -3.31. The maximum atomic E-state index is 12.7. The second-order valence-corrected chi connectivity index (χ2v) is 8.92. The van der Waals surface area contributed by atoms with Gasteiger partial charge in [0.2, 0.25) is 6.43 Å². The number of carbonyl (C=O) groups is 3. The van der Waals surface area contributed by atoms with E-state index >= 15 is 0 Å². The van der Waals surface area contributed by atoms with Crippen LogP contribution in [-0.2, 0) is 19.1 Å². The highest BCUT2D eigenvalue weighted by Gasteiger charge is 2.43. The molecule has 1 rings (SSSR count). The Morgan fingerprint density at radius 3 is 2.03 bits per heavy atom. The van der Waals surface area contributed by atoms with E-state index in [1.165, 1.54) is 28.7 Å². The Morgan fingerprint density at radius 2 is 1.63 bits per heavy atom. The van der Waals surface area contributed by atoms with Gasteiger partial charge in [0, 0.05) is 31.1 Å². The predicted octanol–water partition coefficient (Wildman–Crippen LogP) is 3.43. The molecule has 0 aromatic heterocycles. The second-order valence-electron chi connectivity index (χ2n) is 6.22. The van der Waals surface area contributed by atoms with Gasteiger partial charge in [-0.1, -0.05) is 21.6 Å². The summed E-state index contributed by atoms with van der Waals surface area (Å²) in [5, 5.41) is 18.4. The first-order valence-electron chi connectivity index (χ1n) is 8.73.